The van der Waals surface area contributed by atoms with Crippen molar-refractivity contribution in [1.82, 2.24) is 0 Å². The van der Waals surface area contributed by atoms with E-state index in [1.165, 1.54) is 16.7 Å². The Balaban J connectivity index is 2.57. The maximum atomic E-state index is 5.81. The zero-order valence-corrected chi connectivity index (χ0v) is 14.3. The van der Waals surface area contributed by atoms with Crippen LogP contribution in [0.4, 0.5) is 11.4 Å². The molecule has 0 bridgehead atoms. The molecular weight excluding hydrogens is 278 g/mol. The Morgan fingerprint density at radius 1 is 0.826 bits per heavy atom. The lowest BCUT2D eigenvalue weighted by atomic mass is 10.1. The molecule has 0 unspecified atom stereocenters. The second-order valence-corrected chi connectivity index (χ2v) is 5.95. The first-order valence-corrected chi connectivity index (χ1v) is 7.76. The minimum atomic E-state index is 0.818. The first kappa shape index (κ1) is 16.6. The second-order valence-electron chi connectivity index (χ2n) is 5.95. The van der Waals surface area contributed by atoms with Gasteiger partial charge in [-0.25, -0.2) is 0 Å². The lowest BCUT2D eigenvalue weighted by molar-refractivity contribution is 1.21. The Labute approximate surface area is 140 Å². The molecule has 0 saturated heterocycles. The van der Waals surface area contributed by atoms with E-state index in [2.05, 4.69) is 87.0 Å². The lowest BCUT2D eigenvalue weighted by Gasteiger charge is -2.25. The van der Waals surface area contributed by atoms with Crippen LogP contribution >= 0.6 is 0 Å². The number of benzene rings is 2. The lowest BCUT2D eigenvalue weighted by Crippen LogP contribution is -2.15. The normalized spacial score (nSPS) is 10.8. The molecule has 1 heteroatoms. The van der Waals surface area contributed by atoms with Crippen LogP contribution in [0.5, 0.6) is 0 Å². The van der Waals surface area contributed by atoms with Crippen LogP contribution in [0.2, 0.25) is 0 Å². The summed E-state index contributed by atoms with van der Waals surface area (Å²) in [5.74, 6) is 2.83. The summed E-state index contributed by atoms with van der Waals surface area (Å²) in [4.78, 5) is 2.11. The fourth-order valence-corrected chi connectivity index (χ4v) is 2.25. The second kappa shape index (κ2) is 7.51. The Hall–Kier alpha value is -2.72. The van der Waals surface area contributed by atoms with Gasteiger partial charge in [-0.15, -0.1) is 6.42 Å². The summed E-state index contributed by atoms with van der Waals surface area (Å²) in [7, 11) is 0. The summed E-state index contributed by atoms with van der Waals surface area (Å²) in [5, 5.41) is 0. The third kappa shape index (κ3) is 4.37. The van der Waals surface area contributed by atoms with E-state index in [-0.39, 0.29) is 0 Å². The number of aryl methyl sites for hydroxylation is 2. The van der Waals surface area contributed by atoms with Crippen LogP contribution in [-0.4, -0.2) is 0 Å². The highest BCUT2D eigenvalue weighted by Gasteiger charge is 2.12. The van der Waals surface area contributed by atoms with Gasteiger partial charge in [-0.3, -0.25) is 0 Å². The van der Waals surface area contributed by atoms with Crippen molar-refractivity contribution in [2.45, 2.75) is 27.7 Å². The molecule has 2 aromatic carbocycles. The molecule has 0 saturated carbocycles. The van der Waals surface area contributed by atoms with Gasteiger partial charge in [-0.2, -0.15) is 0 Å². The molecular formula is C22H23N. The van der Waals surface area contributed by atoms with Crippen molar-refractivity contribution in [3.05, 3.63) is 83.1 Å². The van der Waals surface area contributed by atoms with E-state index in [9.17, 15) is 0 Å². The van der Waals surface area contributed by atoms with E-state index in [0.717, 1.165) is 17.1 Å². The van der Waals surface area contributed by atoms with Crippen LogP contribution < -0.4 is 4.90 Å². The number of rotatable bonds is 4. The average molecular weight is 301 g/mol. The first-order valence-electron chi connectivity index (χ1n) is 7.76. The van der Waals surface area contributed by atoms with Gasteiger partial charge in [0.1, 0.15) is 0 Å². The number of hydrogen-bond acceptors (Lipinski definition) is 1. The van der Waals surface area contributed by atoms with Gasteiger partial charge in [0.05, 0.1) is 5.70 Å². The number of anilines is 2. The zero-order valence-electron chi connectivity index (χ0n) is 14.3. The maximum absolute atomic E-state index is 5.81. The first-order chi connectivity index (χ1) is 11.0. The van der Waals surface area contributed by atoms with Crippen LogP contribution in [0.25, 0.3) is 0 Å². The Morgan fingerprint density at radius 3 is 1.61 bits per heavy atom. The van der Waals surface area contributed by atoms with Gasteiger partial charge in [0.15, 0.2) is 0 Å². The Kier molecular flexibility index (Phi) is 5.44. The molecule has 0 heterocycles. The molecule has 0 aliphatic heterocycles. The Bertz CT molecular complexity index is 704. The van der Waals surface area contributed by atoms with Crippen LogP contribution in [0.15, 0.2) is 72.0 Å². The monoisotopic (exact) mass is 301 g/mol. The molecule has 0 amide bonds. The van der Waals surface area contributed by atoms with Gasteiger partial charge < -0.3 is 4.90 Å². The molecule has 2 aromatic rings. The molecule has 23 heavy (non-hydrogen) atoms. The molecule has 0 aliphatic rings. The predicted octanol–water partition coefficient (Wildman–Crippen LogP) is 5.92. The quantitative estimate of drug-likeness (QED) is 0.500. The molecule has 1 nitrogen and oxygen atoms in total. The summed E-state index contributed by atoms with van der Waals surface area (Å²) < 4.78 is 0. The van der Waals surface area contributed by atoms with Crippen molar-refractivity contribution >= 4 is 11.4 Å². The van der Waals surface area contributed by atoms with Gasteiger partial charge in [0.25, 0.3) is 0 Å². The van der Waals surface area contributed by atoms with Crippen molar-refractivity contribution in [2.24, 2.45) is 0 Å². The fraction of sp³-hybridized carbons (Fsp3) is 0.182. The standard InChI is InChI=1S/C22H23N/c1-6-20(12-7-17(2)3)23(21-13-8-18(4)9-14-21)22-15-10-19(5)11-16-22/h1,7-16H,2-5H3. The third-order valence-electron chi connectivity index (χ3n) is 3.55. The fourth-order valence-electron chi connectivity index (χ4n) is 2.25. The molecule has 0 radical (unpaired) electrons. The molecule has 0 spiro atoms. The van der Waals surface area contributed by atoms with Gasteiger partial charge in [-0.1, -0.05) is 53.0 Å². The van der Waals surface area contributed by atoms with Gasteiger partial charge in [0.2, 0.25) is 0 Å². The largest absolute Gasteiger partial charge is 0.303 e. The van der Waals surface area contributed by atoms with Gasteiger partial charge in [0, 0.05) is 11.4 Å². The van der Waals surface area contributed by atoms with E-state index in [4.69, 9.17) is 6.42 Å². The highest BCUT2D eigenvalue weighted by molar-refractivity contribution is 5.71. The summed E-state index contributed by atoms with van der Waals surface area (Å²) >= 11 is 0. The molecule has 0 aliphatic carbocycles. The maximum Gasteiger partial charge on any atom is 0.0967 e. The summed E-state index contributed by atoms with van der Waals surface area (Å²) in [6.45, 7) is 8.29. The smallest absolute Gasteiger partial charge is 0.0967 e. The number of nitrogens with zero attached hydrogens (tertiary/aromatic N) is 1. The van der Waals surface area contributed by atoms with E-state index in [1.54, 1.807) is 0 Å². The van der Waals surface area contributed by atoms with Crippen LogP contribution in [-0.2, 0) is 0 Å². The predicted molar refractivity (Wildman–Crippen MR) is 101 cm³/mol. The number of hydrogen-bond donors (Lipinski definition) is 0. The van der Waals surface area contributed by atoms with E-state index in [1.807, 2.05) is 12.2 Å². The zero-order chi connectivity index (χ0) is 16.8. The molecule has 116 valence electrons. The van der Waals surface area contributed by atoms with Crippen LogP contribution in [0.3, 0.4) is 0 Å². The highest BCUT2D eigenvalue weighted by Crippen LogP contribution is 2.30. The summed E-state index contributed by atoms with van der Waals surface area (Å²) in [6.07, 6.45) is 9.85. The topological polar surface area (TPSA) is 3.24 Å². The Morgan fingerprint density at radius 2 is 1.26 bits per heavy atom. The molecule has 0 aromatic heterocycles. The van der Waals surface area contributed by atoms with E-state index < -0.39 is 0 Å². The van der Waals surface area contributed by atoms with E-state index in [0.29, 0.717) is 0 Å². The van der Waals surface area contributed by atoms with Crippen molar-refractivity contribution in [3.63, 3.8) is 0 Å². The number of terminal acetylenes is 1. The summed E-state index contributed by atoms with van der Waals surface area (Å²) in [6, 6.07) is 16.8. The van der Waals surface area contributed by atoms with Crippen LogP contribution in [0.1, 0.15) is 25.0 Å². The minimum absolute atomic E-state index is 0.818. The summed E-state index contributed by atoms with van der Waals surface area (Å²) in [5.41, 5.74) is 6.61. The van der Waals surface area contributed by atoms with Crippen molar-refractivity contribution in [2.75, 3.05) is 4.90 Å². The minimum Gasteiger partial charge on any atom is -0.303 e. The van der Waals surface area contributed by atoms with Gasteiger partial charge >= 0.3 is 0 Å². The average Bonchev–Trinajstić information content (AvgIpc) is 2.54. The van der Waals surface area contributed by atoms with Crippen molar-refractivity contribution in [3.8, 4) is 12.3 Å². The van der Waals surface area contributed by atoms with Crippen LogP contribution in [0, 0.1) is 26.2 Å². The molecule has 2 rings (SSSR count). The van der Waals surface area contributed by atoms with Crippen molar-refractivity contribution < 1.29 is 0 Å². The number of allylic oxidation sites excluding steroid dienone is 4. The SMILES string of the molecule is C#CC(=CC=C(C)C)N(c1ccc(C)cc1)c1ccc(C)cc1. The van der Waals surface area contributed by atoms with E-state index >= 15 is 0 Å². The highest BCUT2D eigenvalue weighted by atomic mass is 15.1. The molecule has 0 N–H and O–H groups in total. The molecule has 0 atom stereocenters. The molecule has 0 fully saturated rings. The van der Waals surface area contributed by atoms with Gasteiger partial charge in [-0.05, 0) is 58.0 Å². The third-order valence-corrected chi connectivity index (χ3v) is 3.55. The van der Waals surface area contributed by atoms with Crippen molar-refractivity contribution in [1.29, 1.82) is 0 Å².